The van der Waals surface area contributed by atoms with Crippen LogP contribution >= 0.6 is 0 Å². The molecule has 158 valence electrons. The molecule has 10 heteroatoms. The number of sulfonamides is 2. The van der Waals surface area contributed by atoms with Crippen LogP contribution < -0.4 is 14.2 Å². The second-order valence-corrected chi connectivity index (χ2v) is 10.2. The van der Waals surface area contributed by atoms with Crippen LogP contribution in [0.25, 0.3) is 0 Å². The van der Waals surface area contributed by atoms with Gasteiger partial charge >= 0.3 is 0 Å². The van der Waals surface area contributed by atoms with Crippen LogP contribution in [0, 0.1) is 0 Å². The van der Waals surface area contributed by atoms with E-state index in [-0.39, 0.29) is 21.2 Å². The summed E-state index contributed by atoms with van der Waals surface area (Å²) in [7, 11) is -4.91. The molecule has 0 unspecified atom stereocenters. The molecule has 0 atom stereocenters. The van der Waals surface area contributed by atoms with Crippen molar-refractivity contribution in [2.45, 2.75) is 29.1 Å². The van der Waals surface area contributed by atoms with Gasteiger partial charge in [-0.2, -0.15) is 4.31 Å². The average Bonchev–Trinajstić information content (AvgIpc) is 2.73. The van der Waals surface area contributed by atoms with Crippen molar-refractivity contribution in [3.63, 3.8) is 0 Å². The number of nitrogens with zero attached hydrogens (tertiary/aromatic N) is 1. The fraction of sp³-hybridized carbons (Fsp3) is 0.368. The molecule has 1 fully saturated rings. The van der Waals surface area contributed by atoms with Crippen LogP contribution in [0.15, 0.2) is 52.3 Å². The molecule has 0 aliphatic carbocycles. The van der Waals surface area contributed by atoms with E-state index in [4.69, 9.17) is 9.47 Å². The van der Waals surface area contributed by atoms with Crippen LogP contribution in [0.3, 0.4) is 0 Å². The van der Waals surface area contributed by atoms with Crippen molar-refractivity contribution in [2.75, 3.05) is 32.0 Å². The van der Waals surface area contributed by atoms with Gasteiger partial charge in [0.2, 0.25) is 10.0 Å². The molecule has 0 radical (unpaired) electrons. The lowest BCUT2D eigenvalue weighted by molar-refractivity contribution is 0.346. The summed E-state index contributed by atoms with van der Waals surface area (Å²) in [5.41, 5.74) is 0.146. The second kappa shape index (κ2) is 8.60. The van der Waals surface area contributed by atoms with Crippen molar-refractivity contribution in [3.05, 3.63) is 42.5 Å². The highest BCUT2D eigenvalue weighted by Crippen LogP contribution is 2.30. The maximum absolute atomic E-state index is 12.9. The molecule has 0 amide bonds. The Kier molecular flexibility index (Phi) is 6.35. The van der Waals surface area contributed by atoms with E-state index in [0.29, 0.717) is 18.8 Å². The third-order valence-electron chi connectivity index (χ3n) is 4.70. The second-order valence-electron chi connectivity index (χ2n) is 6.61. The van der Waals surface area contributed by atoms with Gasteiger partial charge in [-0.1, -0.05) is 12.5 Å². The zero-order chi connectivity index (χ0) is 21.1. The Bertz CT molecular complexity index is 1080. The molecule has 1 heterocycles. The molecular formula is C19H24N2O6S2. The molecule has 1 N–H and O–H groups in total. The normalized spacial score (nSPS) is 15.7. The molecule has 0 bridgehead atoms. The largest absolute Gasteiger partial charge is 0.497 e. The number of nitrogens with one attached hydrogen (secondary N) is 1. The third-order valence-corrected chi connectivity index (χ3v) is 8.00. The first-order valence-corrected chi connectivity index (χ1v) is 12.1. The Labute approximate surface area is 171 Å². The number of rotatable bonds is 7. The summed E-state index contributed by atoms with van der Waals surface area (Å²) in [6.07, 6.45) is 2.65. The Hall–Kier alpha value is -2.30. The average molecular weight is 441 g/mol. The van der Waals surface area contributed by atoms with Crippen LogP contribution in [-0.4, -0.2) is 48.4 Å². The van der Waals surface area contributed by atoms with Crippen molar-refractivity contribution < 1.29 is 26.3 Å². The van der Waals surface area contributed by atoms with E-state index in [1.165, 1.54) is 54.9 Å². The summed E-state index contributed by atoms with van der Waals surface area (Å²) in [5, 5.41) is 0. The van der Waals surface area contributed by atoms with E-state index < -0.39 is 20.0 Å². The molecule has 29 heavy (non-hydrogen) atoms. The zero-order valence-corrected chi connectivity index (χ0v) is 17.9. The van der Waals surface area contributed by atoms with Gasteiger partial charge in [-0.15, -0.1) is 0 Å². The molecule has 1 saturated heterocycles. The van der Waals surface area contributed by atoms with Crippen LogP contribution in [0.1, 0.15) is 19.3 Å². The first-order valence-electron chi connectivity index (χ1n) is 9.13. The predicted molar refractivity (Wildman–Crippen MR) is 109 cm³/mol. The molecule has 8 nitrogen and oxygen atoms in total. The lowest BCUT2D eigenvalue weighted by atomic mass is 10.2. The highest BCUT2D eigenvalue weighted by atomic mass is 32.2. The summed E-state index contributed by atoms with van der Waals surface area (Å²) in [6.45, 7) is 0.943. The van der Waals surface area contributed by atoms with Crippen molar-refractivity contribution in [3.8, 4) is 11.5 Å². The maximum Gasteiger partial charge on any atom is 0.265 e. The minimum Gasteiger partial charge on any atom is -0.497 e. The highest BCUT2D eigenvalue weighted by Gasteiger charge is 2.27. The Morgan fingerprint density at radius 1 is 0.897 bits per heavy atom. The minimum atomic E-state index is -4.04. The van der Waals surface area contributed by atoms with Gasteiger partial charge in [0.25, 0.3) is 10.0 Å². The maximum atomic E-state index is 12.9. The Balaban J connectivity index is 1.92. The molecule has 2 aromatic rings. The van der Waals surface area contributed by atoms with Crippen molar-refractivity contribution in [2.24, 2.45) is 0 Å². The lowest BCUT2D eigenvalue weighted by Gasteiger charge is -2.26. The number of methoxy groups -OCH3 is 2. The smallest absolute Gasteiger partial charge is 0.265 e. The summed E-state index contributed by atoms with van der Waals surface area (Å²) in [5.74, 6) is 0.503. The van der Waals surface area contributed by atoms with Crippen LogP contribution in [0.5, 0.6) is 11.5 Å². The van der Waals surface area contributed by atoms with Gasteiger partial charge in [0.05, 0.1) is 24.8 Å². The van der Waals surface area contributed by atoms with Crippen LogP contribution in [0.2, 0.25) is 0 Å². The third kappa shape index (κ3) is 4.65. The first-order chi connectivity index (χ1) is 13.8. The Morgan fingerprint density at radius 2 is 1.62 bits per heavy atom. The number of ether oxygens (including phenoxy) is 2. The number of hydrogen-bond donors (Lipinski definition) is 1. The lowest BCUT2D eigenvalue weighted by Crippen LogP contribution is -2.35. The van der Waals surface area contributed by atoms with Gasteiger partial charge in [0.1, 0.15) is 16.4 Å². The predicted octanol–water partition coefficient (Wildman–Crippen LogP) is 2.68. The van der Waals surface area contributed by atoms with E-state index >= 15 is 0 Å². The van der Waals surface area contributed by atoms with Crippen LogP contribution in [-0.2, 0) is 20.0 Å². The van der Waals surface area contributed by atoms with Crippen molar-refractivity contribution >= 4 is 25.7 Å². The molecule has 0 saturated carbocycles. The van der Waals surface area contributed by atoms with Gasteiger partial charge in [-0.25, -0.2) is 16.8 Å². The monoisotopic (exact) mass is 440 g/mol. The van der Waals surface area contributed by atoms with Gasteiger partial charge in [0.15, 0.2) is 0 Å². The standard InChI is InChI=1S/C19H24N2O6S2/c1-26-16-9-10-18(27-2)19(14-16)28(22,23)20-15-7-6-8-17(13-15)29(24,25)21-11-4-3-5-12-21/h6-10,13-14,20H,3-5,11-12H2,1-2H3. The quantitative estimate of drug-likeness (QED) is 0.710. The Morgan fingerprint density at radius 3 is 2.28 bits per heavy atom. The first kappa shape index (κ1) is 21.4. The molecule has 0 spiro atoms. The van der Waals surface area contributed by atoms with Gasteiger partial charge < -0.3 is 9.47 Å². The topological polar surface area (TPSA) is 102 Å². The molecule has 1 aliphatic rings. The number of piperidine rings is 1. The summed E-state index contributed by atoms with van der Waals surface area (Å²) in [4.78, 5) is -0.0548. The summed E-state index contributed by atoms with van der Waals surface area (Å²) in [6, 6.07) is 10.2. The number of benzene rings is 2. The van der Waals surface area contributed by atoms with E-state index in [0.717, 1.165) is 19.3 Å². The number of anilines is 1. The van der Waals surface area contributed by atoms with E-state index in [2.05, 4.69) is 4.72 Å². The van der Waals surface area contributed by atoms with Crippen molar-refractivity contribution in [1.82, 2.24) is 4.31 Å². The van der Waals surface area contributed by atoms with E-state index in [9.17, 15) is 16.8 Å². The molecule has 2 aromatic carbocycles. The minimum absolute atomic E-state index is 0.0530. The van der Waals surface area contributed by atoms with Gasteiger partial charge in [0, 0.05) is 19.2 Å². The molecule has 3 rings (SSSR count). The van der Waals surface area contributed by atoms with E-state index in [1.54, 1.807) is 6.07 Å². The van der Waals surface area contributed by atoms with E-state index in [1.807, 2.05) is 0 Å². The van der Waals surface area contributed by atoms with Crippen LogP contribution in [0.4, 0.5) is 5.69 Å². The van der Waals surface area contributed by atoms with Gasteiger partial charge in [-0.3, -0.25) is 4.72 Å². The molecule has 0 aromatic heterocycles. The highest BCUT2D eigenvalue weighted by molar-refractivity contribution is 7.92. The molecule has 1 aliphatic heterocycles. The number of hydrogen-bond acceptors (Lipinski definition) is 6. The SMILES string of the molecule is COc1ccc(OC)c(S(=O)(=O)Nc2cccc(S(=O)(=O)N3CCCCC3)c2)c1. The fourth-order valence-corrected chi connectivity index (χ4v) is 5.98. The summed E-state index contributed by atoms with van der Waals surface area (Å²) < 4.78 is 65.7. The molecular weight excluding hydrogens is 416 g/mol. The fourth-order valence-electron chi connectivity index (χ4n) is 3.18. The summed E-state index contributed by atoms with van der Waals surface area (Å²) >= 11 is 0. The van der Waals surface area contributed by atoms with Gasteiger partial charge in [-0.05, 0) is 43.2 Å². The zero-order valence-electron chi connectivity index (χ0n) is 16.3. The van der Waals surface area contributed by atoms with Crippen molar-refractivity contribution in [1.29, 1.82) is 0 Å².